The van der Waals surface area contributed by atoms with Crippen molar-refractivity contribution in [3.63, 3.8) is 0 Å². The van der Waals surface area contributed by atoms with Crippen molar-refractivity contribution in [2.24, 2.45) is 16.8 Å². The molecule has 184 valence electrons. The first kappa shape index (κ1) is 25.0. The molecule has 0 unspecified atom stereocenters. The average molecular weight is 482 g/mol. The van der Waals surface area contributed by atoms with Crippen LogP contribution in [-0.4, -0.2) is 34.3 Å². The van der Waals surface area contributed by atoms with Gasteiger partial charge in [0.1, 0.15) is 0 Å². The maximum atomic E-state index is 12.4. The summed E-state index contributed by atoms with van der Waals surface area (Å²) in [6.07, 6.45) is 13.5. The molecule has 1 aliphatic heterocycles. The van der Waals surface area contributed by atoms with Crippen molar-refractivity contribution in [2.45, 2.75) is 52.0 Å². The van der Waals surface area contributed by atoms with Crippen molar-refractivity contribution in [1.82, 2.24) is 15.3 Å². The number of hydrogen-bond acceptors (Lipinski definition) is 7. The van der Waals surface area contributed by atoms with Gasteiger partial charge < -0.3 is 16.0 Å². The van der Waals surface area contributed by atoms with Crippen LogP contribution >= 0.6 is 0 Å². The smallest absolute Gasteiger partial charge is 0.251 e. The van der Waals surface area contributed by atoms with E-state index in [-0.39, 0.29) is 17.9 Å². The summed E-state index contributed by atoms with van der Waals surface area (Å²) in [5, 5.41) is 22.4. The van der Waals surface area contributed by atoms with E-state index in [1.165, 1.54) is 6.21 Å². The summed E-state index contributed by atoms with van der Waals surface area (Å²) >= 11 is 0. The lowest BCUT2D eigenvalue weighted by atomic mass is 9.82. The molecule has 2 aromatic rings. The predicted octanol–water partition coefficient (Wildman–Crippen LogP) is 5.20. The number of nitrogens with zero attached hydrogens (tertiary/aromatic N) is 4. The molecule has 0 radical (unpaired) electrons. The van der Waals surface area contributed by atoms with Crippen LogP contribution in [0.3, 0.4) is 0 Å². The van der Waals surface area contributed by atoms with Crippen LogP contribution in [0.1, 0.15) is 54.9 Å². The van der Waals surface area contributed by atoms with Crippen molar-refractivity contribution < 1.29 is 4.79 Å². The lowest BCUT2D eigenvalue weighted by Gasteiger charge is -2.22. The number of carbonyl (C=O) groups excluding carboxylic acids is 1. The Balaban J connectivity index is 1.42. The number of nitrogens with one attached hydrogen (secondary N) is 3. The molecule has 2 heterocycles. The molecule has 0 spiro atoms. The Labute approximate surface area is 211 Å². The Morgan fingerprint density at radius 1 is 1.25 bits per heavy atom. The molecule has 1 amide bonds. The van der Waals surface area contributed by atoms with Crippen LogP contribution in [0.4, 0.5) is 5.95 Å². The van der Waals surface area contributed by atoms with Gasteiger partial charge in [0.2, 0.25) is 5.95 Å². The Morgan fingerprint density at radius 2 is 2.00 bits per heavy atom. The van der Waals surface area contributed by atoms with Gasteiger partial charge in [-0.2, -0.15) is 5.26 Å². The molecule has 1 aromatic heterocycles. The monoisotopic (exact) mass is 481 g/mol. The van der Waals surface area contributed by atoms with Gasteiger partial charge >= 0.3 is 0 Å². The van der Waals surface area contributed by atoms with E-state index in [1.807, 2.05) is 32.1 Å². The molecule has 1 fully saturated rings. The third-order valence-corrected chi connectivity index (χ3v) is 6.51. The van der Waals surface area contributed by atoms with Crippen molar-refractivity contribution in [1.29, 1.82) is 10.7 Å². The average Bonchev–Trinajstić information content (AvgIpc) is 3.32. The highest BCUT2D eigenvalue weighted by molar-refractivity contribution is 5.95. The standard InChI is InChI=1S/C28H31N7O/c1-18-16-32-28(34-25-14-24(31-17-25)13-20-3-5-21(15-30)6-4-20)35-26(18)22-7-9-23(10-8-22)27(36)33-19(2)11-12-29/h7-10,12-14,16-17,19-21,29H,3-6,11H2,1-2H3,(H,33,36)(H,32,34,35)/b24-13+,29-12?/t19-,20?,21?/m0/s1. The molecule has 8 heteroatoms. The number of allylic oxidation sites excluding steroid dienone is 3. The second kappa shape index (κ2) is 11.5. The lowest BCUT2D eigenvalue weighted by Crippen LogP contribution is -2.32. The van der Waals surface area contributed by atoms with Crippen LogP contribution in [0, 0.1) is 35.5 Å². The number of amides is 1. The first-order valence-corrected chi connectivity index (χ1v) is 12.3. The summed E-state index contributed by atoms with van der Waals surface area (Å²) in [6.45, 7) is 3.83. The highest BCUT2D eigenvalue weighted by Gasteiger charge is 2.20. The van der Waals surface area contributed by atoms with E-state index in [4.69, 9.17) is 15.7 Å². The largest absolute Gasteiger partial charge is 0.349 e. The number of carbonyl (C=O) groups is 1. The fourth-order valence-electron chi connectivity index (χ4n) is 4.44. The van der Waals surface area contributed by atoms with Gasteiger partial charge in [0.25, 0.3) is 5.91 Å². The summed E-state index contributed by atoms with van der Waals surface area (Å²) < 4.78 is 0. The van der Waals surface area contributed by atoms with Gasteiger partial charge in [-0.25, -0.2) is 9.97 Å². The van der Waals surface area contributed by atoms with Crippen LogP contribution in [0.15, 0.2) is 59.0 Å². The minimum Gasteiger partial charge on any atom is -0.349 e. The van der Waals surface area contributed by atoms with Crippen LogP contribution < -0.4 is 10.6 Å². The molecular formula is C28H31N7O. The van der Waals surface area contributed by atoms with E-state index in [2.05, 4.69) is 32.8 Å². The Kier molecular flexibility index (Phi) is 8.01. The second-order valence-corrected chi connectivity index (χ2v) is 9.43. The Morgan fingerprint density at radius 3 is 2.69 bits per heavy atom. The molecule has 36 heavy (non-hydrogen) atoms. The molecule has 2 aliphatic rings. The number of aliphatic imine (C=N–C) groups is 1. The molecular weight excluding hydrogens is 450 g/mol. The van der Waals surface area contributed by atoms with Gasteiger partial charge in [-0.15, -0.1) is 0 Å². The van der Waals surface area contributed by atoms with E-state index in [9.17, 15) is 4.79 Å². The molecule has 1 saturated carbocycles. The number of aromatic nitrogens is 2. The highest BCUT2D eigenvalue weighted by atomic mass is 16.1. The zero-order valence-electron chi connectivity index (χ0n) is 20.7. The molecule has 4 rings (SSSR count). The summed E-state index contributed by atoms with van der Waals surface area (Å²) in [7, 11) is 0. The molecule has 1 aliphatic carbocycles. The maximum Gasteiger partial charge on any atom is 0.251 e. The van der Waals surface area contributed by atoms with Crippen molar-refractivity contribution in [2.75, 3.05) is 5.32 Å². The lowest BCUT2D eigenvalue weighted by molar-refractivity contribution is 0.0941. The number of anilines is 1. The van der Waals surface area contributed by atoms with Crippen molar-refractivity contribution >= 4 is 24.3 Å². The first-order valence-electron chi connectivity index (χ1n) is 12.3. The molecule has 1 atom stereocenters. The highest BCUT2D eigenvalue weighted by Crippen LogP contribution is 2.31. The van der Waals surface area contributed by atoms with Crippen molar-refractivity contribution in [3.8, 4) is 17.3 Å². The zero-order valence-corrected chi connectivity index (χ0v) is 20.7. The number of aryl methyl sites for hydroxylation is 1. The van der Waals surface area contributed by atoms with E-state index in [0.717, 1.165) is 53.9 Å². The molecule has 1 aromatic carbocycles. The fraction of sp³-hybridized carbons (Fsp3) is 0.357. The second-order valence-electron chi connectivity index (χ2n) is 9.43. The van der Waals surface area contributed by atoms with Gasteiger partial charge in [0.15, 0.2) is 0 Å². The van der Waals surface area contributed by atoms with Crippen LogP contribution in [0.25, 0.3) is 11.3 Å². The first-order chi connectivity index (χ1) is 17.4. The van der Waals surface area contributed by atoms with E-state index in [0.29, 0.717) is 23.9 Å². The number of rotatable bonds is 8. The van der Waals surface area contributed by atoms with Crippen LogP contribution in [0.2, 0.25) is 0 Å². The maximum absolute atomic E-state index is 12.4. The third kappa shape index (κ3) is 6.30. The minimum atomic E-state index is -0.160. The van der Waals surface area contributed by atoms with Gasteiger partial charge in [-0.3, -0.25) is 9.79 Å². The minimum absolute atomic E-state index is 0.0882. The third-order valence-electron chi connectivity index (χ3n) is 6.51. The quantitative estimate of drug-likeness (QED) is 0.446. The van der Waals surface area contributed by atoms with E-state index < -0.39 is 0 Å². The van der Waals surface area contributed by atoms with Crippen molar-refractivity contribution in [3.05, 3.63) is 65.1 Å². The predicted molar refractivity (Wildman–Crippen MR) is 142 cm³/mol. The van der Waals surface area contributed by atoms with Gasteiger partial charge in [-0.1, -0.05) is 18.2 Å². The fourth-order valence-corrected chi connectivity index (χ4v) is 4.44. The SMILES string of the molecule is Cc1cnc(NC2=C/C(=C\C3CCC(C#N)CC3)N=C2)nc1-c1ccc(C(=O)N[C@@H](C)CC=N)cc1. The van der Waals surface area contributed by atoms with Crippen LogP contribution in [0.5, 0.6) is 0 Å². The van der Waals surface area contributed by atoms with Crippen LogP contribution in [-0.2, 0) is 0 Å². The Hall–Kier alpha value is -4.12. The number of nitriles is 1. The molecule has 3 N–H and O–H groups in total. The van der Waals surface area contributed by atoms with E-state index in [1.54, 1.807) is 24.5 Å². The number of benzene rings is 1. The van der Waals surface area contributed by atoms with Gasteiger partial charge in [-0.05, 0) is 75.4 Å². The summed E-state index contributed by atoms with van der Waals surface area (Å²) in [5.41, 5.74) is 4.93. The number of hydrogen-bond donors (Lipinski definition) is 3. The summed E-state index contributed by atoms with van der Waals surface area (Å²) in [4.78, 5) is 26.1. The van der Waals surface area contributed by atoms with Gasteiger partial charge in [0, 0.05) is 35.7 Å². The molecule has 0 saturated heterocycles. The summed E-state index contributed by atoms with van der Waals surface area (Å²) in [6, 6.07) is 9.62. The zero-order chi connectivity index (χ0) is 25.5. The molecule has 8 nitrogen and oxygen atoms in total. The van der Waals surface area contributed by atoms with E-state index >= 15 is 0 Å². The summed E-state index contributed by atoms with van der Waals surface area (Å²) in [5.74, 6) is 0.976. The topological polar surface area (TPSA) is 127 Å². The Bertz CT molecular complexity index is 1250. The van der Waals surface area contributed by atoms with Gasteiger partial charge in [0.05, 0.1) is 29.4 Å². The normalized spacial score (nSPS) is 20.9. The molecule has 0 bridgehead atoms.